The number of hydrogen-bond donors (Lipinski definition) is 1. The molecular formula is C23H26ClNO4. The molecule has 0 aliphatic carbocycles. The molecule has 1 aliphatic heterocycles. The molecule has 1 unspecified atom stereocenters. The van der Waals surface area contributed by atoms with Crippen molar-refractivity contribution in [1.82, 2.24) is 0 Å². The first-order chi connectivity index (χ1) is 13.5. The van der Waals surface area contributed by atoms with Crippen LogP contribution in [0.3, 0.4) is 0 Å². The molecule has 0 spiro atoms. The predicted molar refractivity (Wildman–Crippen MR) is 114 cm³/mol. The monoisotopic (exact) mass is 415 g/mol. The Balaban J connectivity index is 1.76. The van der Waals surface area contributed by atoms with Crippen LogP contribution in [0.2, 0.25) is 5.02 Å². The van der Waals surface area contributed by atoms with Crippen LogP contribution < -0.4 is 9.64 Å². The van der Waals surface area contributed by atoms with Gasteiger partial charge in [0.05, 0.1) is 17.3 Å². The number of aliphatic hydroxyl groups is 1. The van der Waals surface area contributed by atoms with Gasteiger partial charge in [0.1, 0.15) is 18.1 Å². The van der Waals surface area contributed by atoms with Crippen molar-refractivity contribution in [3.63, 3.8) is 0 Å². The molecule has 0 aromatic heterocycles. The highest BCUT2D eigenvalue weighted by atomic mass is 35.5. The zero-order valence-corrected chi connectivity index (χ0v) is 17.9. The maximum atomic E-state index is 13.0. The largest absolute Gasteiger partial charge is 0.492 e. The number of carbonyl (C=O) groups excluding carboxylic acids is 2. The van der Waals surface area contributed by atoms with Crippen LogP contribution in [0.15, 0.2) is 42.5 Å². The highest BCUT2D eigenvalue weighted by molar-refractivity contribution is 6.35. The number of halogens is 1. The minimum absolute atomic E-state index is 0.0577. The molecule has 154 valence electrons. The molecule has 6 heteroatoms. The Hall–Kier alpha value is -2.37. The van der Waals surface area contributed by atoms with Crippen molar-refractivity contribution >= 4 is 29.0 Å². The van der Waals surface area contributed by atoms with E-state index < -0.39 is 11.5 Å². The number of rotatable bonds is 6. The van der Waals surface area contributed by atoms with Gasteiger partial charge in [-0.1, -0.05) is 56.6 Å². The lowest BCUT2D eigenvalue weighted by Crippen LogP contribution is -2.43. The first-order valence-electron chi connectivity index (χ1n) is 9.60. The summed E-state index contributed by atoms with van der Waals surface area (Å²) in [7, 11) is 0. The SMILES string of the molecule is CC(=O)CC1(O)C(=O)N(CCOc2ccc(C(C)(C)C)cc2)c2c(Cl)cccc21. The fourth-order valence-corrected chi connectivity index (χ4v) is 3.89. The molecule has 1 atom stereocenters. The van der Waals surface area contributed by atoms with Gasteiger partial charge in [0, 0.05) is 12.0 Å². The van der Waals surface area contributed by atoms with Gasteiger partial charge in [0.25, 0.3) is 5.91 Å². The van der Waals surface area contributed by atoms with Crippen LogP contribution in [0.4, 0.5) is 5.69 Å². The summed E-state index contributed by atoms with van der Waals surface area (Å²) in [5.41, 5.74) is 0.173. The van der Waals surface area contributed by atoms with Gasteiger partial charge >= 0.3 is 0 Å². The Labute approximate surface area is 176 Å². The van der Waals surface area contributed by atoms with Crippen LogP contribution in [0.5, 0.6) is 5.75 Å². The second-order valence-electron chi connectivity index (χ2n) is 8.45. The zero-order chi connectivity index (χ0) is 21.4. The fraction of sp³-hybridized carbons (Fsp3) is 0.391. The van der Waals surface area contributed by atoms with Crippen LogP contribution in [-0.2, 0) is 20.6 Å². The van der Waals surface area contributed by atoms with Gasteiger partial charge in [-0.15, -0.1) is 0 Å². The van der Waals surface area contributed by atoms with E-state index in [1.807, 2.05) is 24.3 Å². The Kier molecular flexibility index (Phi) is 5.74. The van der Waals surface area contributed by atoms with Crippen LogP contribution in [0.1, 0.15) is 45.2 Å². The molecule has 0 saturated carbocycles. The highest BCUT2D eigenvalue weighted by Gasteiger charge is 2.51. The lowest BCUT2D eigenvalue weighted by atomic mass is 9.87. The maximum absolute atomic E-state index is 13.0. The average molecular weight is 416 g/mol. The zero-order valence-electron chi connectivity index (χ0n) is 17.2. The number of anilines is 1. The number of hydrogen-bond acceptors (Lipinski definition) is 4. The van der Waals surface area contributed by atoms with E-state index in [0.29, 0.717) is 22.0 Å². The molecule has 0 fully saturated rings. The number of para-hydroxylation sites is 1. The van der Waals surface area contributed by atoms with Gasteiger partial charge in [-0.05, 0) is 36.1 Å². The molecule has 1 aliphatic rings. The van der Waals surface area contributed by atoms with E-state index >= 15 is 0 Å². The Morgan fingerprint density at radius 1 is 1.17 bits per heavy atom. The van der Waals surface area contributed by atoms with E-state index in [4.69, 9.17) is 16.3 Å². The number of nitrogens with zero attached hydrogens (tertiary/aromatic N) is 1. The number of benzene rings is 2. The summed E-state index contributed by atoms with van der Waals surface area (Å²) in [6.07, 6.45) is -0.287. The summed E-state index contributed by atoms with van der Waals surface area (Å²) in [6.45, 7) is 8.21. The number of ether oxygens (including phenoxy) is 1. The smallest absolute Gasteiger partial charge is 0.264 e. The summed E-state index contributed by atoms with van der Waals surface area (Å²) < 4.78 is 5.80. The van der Waals surface area contributed by atoms with Gasteiger partial charge < -0.3 is 14.7 Å². The first-order valence-corrected chi connectivity index (χ1v) is 9.98. The summed E-state index contributed by atoms with van der Waals surface area (Å²) in [6, 6.07) is 12.8. The molecule has 2 aromatic rings. The standard InChI is InChI=1S/C23H26ClNO4/c1-15(26)14-23(28)18-6-5-7-19(24)20(18)25(21(23)27)12-13-29-17-10-8-16(9-11-17)22(2,3)4/h5-11,28H,12-14H2,1-4H3. The molecule has 0 radical (unpaired) electrons. The van der Waals surface area contributed by atoms with E-state index in [1.165, 1.54) is 17.4 Å². The molecule has 1 N–H and O–H groups in total. The van der Waals surface area contributed by atoms with Gasteiger partial charge in [-0.25, -0.2) is 0 Å². The predicted octanol–water partition coefficient (Wildman–Crippen LogP) is 4.23. The number of Topliss-reactive ketones (excluding diaryl/α,β-unsaturated/α-hetero) is 1. The van der Waals surface area contributed by atoms with E-state index in [0.717, 1.165) is 0 Å². The van der Waals surface area contributed by atoms with Gasteiger partial charge in [-0.2, -0.15) is 0 Å². The van der Waals surface area contributed by atoms with Crippen LogP contribution >= 0.6 is 11.6 Å². The van der Waals surface area contributed by atoms with Gasteiger partial charge in [0.2, 0.25) is 0 Å². The average Bonchev–Trinajstić information content (AvgIpc) is 2.84. The van der Waals surface area contributed by atoms with Crippen molar-refractivity contribution < 1.29 is 19.4 Å². The van der Waals surface area contributed by atoms with Crippen molar-refractivity contribution in [2.45, 2.75) is 45.1 Å². The number of amides is 1. The molecule has 2 aromatic carbocycles. The summed E-state index contributed by atoms with van der Waals surface area (Å²) >= 11 is 6.32. The van der Waals surface area contributed by atoms with Crippen LogP contribution in [0.25, 0.3) is 0 Å². The topological polar surface area (TPSA) is 66.8 Å². The summed E-state index contributed by atoms with van der Waals surface area (Å²) in [4.78, 5) is 26.0. The lowest BCUT2D eigenvalue weighted by molar-refractivity contribution is -0.141. The molecule has 29 heavy (non-hydrogen) atoms. The Morgan fingerprint density at radius 3 is 2.41 bits per heavy atom. The second kappa shape index (κ2) is 7.81. The molecule has 3 rings (SSSR count). The molecule has 0 saturated heterocycles. The molecule has 5 nitrogen and oxygen atoms in total. The minimum Gasteiger partial charge on any atom is -0.492 e. The number of fused-ring (bicyclic) bond motifs is 1. The fourth-order valence-electron chi connectivity index (χ4n) is 3.61. The third-order valence-electron chi connectivity index (χ3n) is 5.11. The quantitative estimate of drug-likeness (QED) is 0.766. The van der Waals surface area contributed by atoms with Crippen molar-refractivity contribution in [2.75, 3.05) is 18.1 Å². The van der Waals surface area contributed by atoms with Gasteiger partial charge in [-0.3, -0.25) is 9.59 Å². The first kappa shape index (κ1) is 21.3. The number of ketones is 1. The Bertz CT molecular complexity index is 933. The van der Waals surface area contributed by atoms with Crippen molar-refractivity contribution in [3.8, 4) is 5.75 Å². The van der Waals surface area contributed by atoms with Crippen LogP contribution in [0, 0.1) is 0 Å². The van der Waals surface area contributed by atoms with E-state index in [1.54, 1.807) is 18.2 Å². The summed E-state index contributed by atoms with van der Waals surface area (Å²) in [5, 5.41) is 11.3. The summed E-state index contributed by atoms with van der Waals surface area (Å²) in [5.74, 6) is -0.130. The number of carbonyl (C=O) groups is 2. The Morgan fingerprint density at radius 2 is 1.83 bits per heavy atom. The normalized spacial score (nSPS) is 18.7. The molecule has 1 heterocycles. The third kappa shape index (κ3) is 4.16. The van der Waals surface area contributed by atoms with E-state index in [9.17, 15) is 14.7 Å². The molecular weight excluding hydrogens is 390 g/mol. The molecule has 0 bridgehead atoms. The third-order valence-corrected chi connectivity index (χ3v) is 5.41. The van der Waals surface area contributed by atoms with Crippen molar-refractivity contribution in [2.24, 2.45) is 0 Å². The van der Waals surface area contributed by atoms with E-state index in [2.05, 4.69) is 20.8 Å². The molecule has 1 amide bonds. The van der Waals surface area contributed by atoms with Crippen molar-refractivity contribution in [3.05, 3.63) is 58.6 Å². The maximum Gasteiger partial charge on any atom is 0.264 e. The minimum atomic E-state index is -1.89. The van der Waals surface area contributed by atoms with E-state index in [-0.39, 0.29) is 30.8 Å². The van der Waals surface area contributed by atoms with Crippen molar-refractivity contribution in [1.29, 1.82) is 0 Å². The van der Waals surface area contributed by atoms with Crippen LogP contribution in [-0.4, -0.2) is 29.9 Å². The second-order valence-corrected chi connectivity index (χ2v) is 8.86. The lowest BCUT2D eigenvalue weighted by Gasteiger charge is -2.22. The van der Waals surface area contributed by atoms with Gasteiger partial charge in [0.15, 0.2) is 5.60 Å². The highest BCUT2D eigenvalue weighted by Crippen LogP contribution is 2.45.